The lowest BCUT2D eigenvalue weighted by atomic mass is 9.81. The van der Waals surface area contributed by atoms with E-state index in [4.69, 9.17) is 4.74 Å². The summed E-state index contributed by atoms with van der Waals surface area (Å²) in [6.45, 7) is 0.811. The zero-order valence-corrected chi connectivity index (χ0v) is 12.0. The summed E-state index contributed by atoms with van der Waals surface area (Å²) in [5.41, 5.74) is 2.71. The number of carbonyl (C=O) groups is 1. The van der Waals surface area contributed by atoms with Crippen molar-refractivity contribution < 1.29 is 9.53 Å². The average Bonchev–Trinajstić information content (AvgIpc) is 3.08. The second-order valence-electron chi connectivity index (χ2n) is 5.67. The van der Waals surface area contributed by atoms with Gasteiger partial charge in [-0.15, -0.1) is 0 Å². The molecule has 0 bridgehead atoms. The van der Waals surface area contributed by atoms with Crippen LogP contribution in [0.5, 0.6) is 5.75 Å². The third-order valence-corrected chi connectivity index (χ3v) is 4.78. The highest BCUT2D eigenvalue weighted by atomic mass is 16.5. The average molecular weight is 279 g/mol. The molecular weight excluding hydrogens is 262 g/mol. The van der Waals surface area contributed by atoms with Crippen molar-refractivity contribution in [1.82, 2.24) is 4.90 Å². The zero-order chi connectivity index (χ0) is 14.4. The van der Waals surface area contributed by atoms with E-state index in [9.17, 15) is 4.79 Å². The van der Waals surface area contributed by atoms with Gasteiger partial charge in [0, 0.05) is 17.7 Å². The summed E-state index contributed by atoms with van der Waals surface area (Å²) in [6, 6.07) is 16.0. The summed E-state index contributed by atoms with van der Waals surface area (Å²) >= 11 is 0. The molecule has 2 heterocycles. The highest BCUT2D eigenvalue weighted by Gasteiger charge is 2.54. The van der Waals surface area contributed by atoms with Crippen molar-refractivity contribution in [1.29, 1.82) is 0 Å². The monoisotopic (exact) mass is 279 g/mol. The quantitative estimate of drug-likeness (QED) is 0.845. The second kappa shape index (κ2) is 4.35. The Balaban J connectivity index is 2.03. The maximum Gasteiger partial charge on any atom is 0.255 e. The molecule has 0 spiro atoms. The molecule has 1 amide bonds. The largest absolute Gasteiger partial charge is 0.496 e. The molecule has 106 valence electrons. The molecule has 2 aliphatic rings. The van der Waals surface area contributed by atoms with E-state index in [1.54, 1.807) is 7.11 Å². The molecule has 1 fully saturated rings. The predicted molar refractivity (Wildman–Crippen MR) is 80.5 cm³/mol. The molecule has 1 atom stereocenters. The number of hydrogen-bond donors (Lipinski definition) is 0. The summed E-state index contributed by atoms with van der Waals surface area (Å²) in [4.78, 5) is 14.8. The van der Waals surface area contributed by atoms with Crippen LogP contribution in [-0.4, -0.2) is 24.5 Å². The number of rotatable bonds is 2. The highest BCUT2D eigenvalue weighted by molar-refractivity contribution is 6.01. The van der Waals surface area contributed by atoms with Crippen LogP contribution in [0.15, 0.2) is 48.5 Å². The van der Waals surface area contributed by atoms with Crippen LogP contribution in [0.1, 0.15) is 34.3 Å². The first-order chi connectivity index (χ1) is 10.3. The molecule has 1 saturated heterocycles. The molecule has 0 aromatic heterocycles. The van der Waals surface area contributed by atoms with Crippen LogP contribution in [0.2, 0.25) is 0 Å². The van der Waals surface area contributed by atoms with Crippen molar-refractivity contribution in [3.8, 4) is 5.75 Å². The number of para-hydroxylation sites is 1. The first kappa shape index (κ1) is 12.5. The first-order valence-corrected chi connectivity index (χ1v) is 7.34. The molecule has 0 saturated carbocycles. The maximum absolute atomic E-state index is 12.7. The van der Waals surface area contributed by atoms with Gasteiger partial charge in [0.25, 0.3) is 5.91 Å². The minimum Gasteiger partial charge on any atom is -0.496 e. The van der Waals surface area contributed by atoms with Crippen LogP contribution in [0, 0.1) is 0 Å². The predicted octanol–water partition coefficient (Wildman–Crippen LogP) is 3.19. The Hall–Kier alpha value is -2.29. The van der Waals surface area contributed by atoms with Crippen molar-refractivity contribution >= 4 is 5.91 Å². The van der Waals surface area contributed by atoms with E-state index < -0.39 is 0 Å². The number of fused-ring (bicyclic) bond motifs is 3. The number of carbonyl (C=O) groups excluding carboxylic acids is 1. The Morgan fingerprint density at radius 1 is 1.05 bits per heavy atom. The Bertz CT molecular complexity index is 725. The van der Waals surface area contributed by atoms with E-state index in [1.807, 2.05) is 41.3 Å². The van der Waals surface area contributed by atoms with E-state index >= 15 is 0 Å². The summed E-state index contributed by atoms with van der Waals surface area (Å²) in [6.07, 6.45) is 1.98. The fraction of sp³-hybridized carbons (Fsp3) is 0.278. The van der Waals surface area contributed by atoms with Crippen LogP contribution in [0.3, 0.4) is 0 Å². The van der Waals surface area contributed by atoms with Crippen LogP contribution in [-0.2, 0) is 5.54 Å². The molecule has 0 radical (unpaired) electrons. The fourth-order valence-electron chi connectivity index (χ4n) is 3.96. The molecule has 21 heavy (non-hydrogen) atoms. The van der Waals surface area contributed by atoms with Crippen LogP contribution < -0.4 is 4.74 Å². The van der Waals surface area contributed by atoms with Gasteiger partial charge < -0.3 is 9.64 Å². The molecule has 3 nitrogen and oxygen atoms in total. The van der Waals surface area contributed by atoms with Crippen molar-refractivity contribution in [2.45, 2.75) is 18.4 Å². The standard InChI is InChI=1S/C18H17NO2/c1-21-16-10-5-4-9-15(16)18-11-6-12-19(18)17(20)13-7-2-3-8-14(13)18/h2-5,7-10H,6,11-12H2,1H3. The topological polar surface area (TPSA) is 29.5 Å². The van der Waals surface area contributed by atoms with E-state index in [2.05, 4.69) is 12.1 Å². The molecular formula is C18H17NO2. The molecule has 2 aromatic rings. The van der Waals surface area contributed by atoms with E-state index in [0.717, 1.165) is 41.8 Å². The molecule has 0 N–H and O–H groups in total. The Kier molecular flexibility index (Phi) is 2.58. The number of methoxy groups -OCH3 is 1. The van der Waals surface area contributed by atoms with Gasteiger partial charge in [-0.05, 0) is 30.5 Å². The van der Waals surface area contributed by atoms with E-state index in [1.165, 1.54) is 0 Å². The number of benzene rings is 2. The number of ether oxygens (including phenoxy) is 1. The van der Waals surface area contributed by atoms with Crippen LogP contribution >= 0.6 is 0 Å². The van der Waals surface area contributed by atoms with Gasteiger partial charge in [-0.25, -0.2) is 0 Å². The first-order valence-electron chi connectivity index (χ1n) is 7.34. The van der Waals surface area contributed by atoms with Crippen LogP contribution in [0.4, 0.5) is 0 Å². The summed E-state index contributed by atoms with van der Waals surface area (Å²) in [7, 11) is 1.69. The SMILES string of the molecule is COc1ccccc1C12CCCN1C(=O)c1ccccc12. The summed E-state index contributed by atoms with van der Waals surface area (Å²) < 4.78 is 5.57. The third kappa shape index (κ3) is 1.46. The lowest BCUT2D eigenvalue weighted by molar-refractivity contribution is 0.0709. The fourth-order valence-corrected chi connectivity index (χ4v) is 3.96. The van der Waals surface area contributed by atoms with Gasteiger partial charge in [-0.1, -0.05) is 36.4 Å². The van der Waals surface area contributed by atoms with E-state index in [0.29, 0.717) is 0 Å². The normalized spacial score (nSPS) is 23.1. The van der Waals surface area contributed by atoms with Gasteiger partial charge in [0.1, 0.15) is 5.75 Å². The van der Waals surface area contributed by atoms with Gasteiger partial charge in [0.2, 0.25) is 0 Å². The minimum atomic E-state index is -0.347. The van der Waals surface area contributed by atoms with Gasteiger partial charge in [0.05, 0.1) is 12.6 Å². The Morgan fingerprint density at radius 3 is 2.57 bits per heavy atom. The van der Waals surface area contributed by atoms with E-state index in [-0.39, 0.29) is 11.4 Å². The number of amides is 1. The van der Waals surface area contributed by atoms with Crippen molar-refractivity contribution in [3.63, 3.8) is 0 Å². The van der Waals surface area contributed by atoms with Crippen LogP contribution in [0.25, 0.3) is 0 Å². The Morgan fingerprint density at radius 2 is 1.76 bits per heavy atom. The summed E-state index contributed by atoms with van der Waals surface area (Å²) in [5, 5.41) is 0. The lowest BCUT2D eigenvalue weighted by Crippen LogP contribution is -2.39. The van der Waals surface area contributed by atoms with Gasteiger partial charge >= 0.3 is 0 Å². The van der Waals surface area contributed by atoms with Gasteiger partial charge in [-0.3, -0.25) is 4.79 Å². The molecule has 2 aliphatic heterocycles. The highest BCUT2D eigenvalue weighted by Crippen LogP contribution is 2.52. The molecule has 0 aliphatic carbocycles. The maximum atomic E-state index is 12.7. The molecule has 4 rings (SSSR count). The smallest absolute Gasteiger partial charge is 0.255 e. The van der Waals surface area contributed by atoms with Gasteiger partial charge in [0.15, 0.2) is 0 Å². The number of hydrogen-bond acceptors (Lipinski definition) is 2. The minimum absolute atomic E-state index is 0.147. The second-order valence-corrected chi connectivity index (χ2v) is 5.67. The van der Waals surface area contributed by atoms with Gasteiger partial charge in [-0.2, -0.15) is 0 Å². The molecule has 1 unspecified atom stereocenters. The van der Waals surface area contributed by atoms with Crippen molar-refractivity contribution in [2.75, 3.05) is 13.7 Å². The Labute approximate surface area is 124 Å². The summed E-state index contributed by atoms with van der Waals surface area (Å²) in [5.74, 6) is 1.00. The third-order valence-electron chi connectivity index (χ3n) is 4.78. The zero-order valence-electron chi connectivity index (χ0n) is 12.0. The lowest BCUT2D eigenvalue weighted by Gasteiger charge is -2.34. The molecule has 3 heteroatoms. The van der Waals surface area contributed by atoms with Crippen molar-refractivity contribution in [2.24, 2.45) is 0 Å². The number of nitrogens with zero attached hydrogens (tertiary/aromatic N) is 1. The molecule has 2 aromatic carbocycles. The van der Waals surface area contributed by atoms with Crippen molar-refractivity contribution in [3.05, 3.63) is 65.2 Å².